The molecule has 3 aromatic carbocycles. The summed E-state index contributed by atoms with van der Waals surface area (Å²) in [6, 6.07) is 16.9. The van der Waals surface area contributed by atoms with Crippen LogP contribution in [0, 0.1) is 0 Å². The Morgan fingerprint density at radius 2 is 1.61 bits per heavy atom. The van der Waals surface area contributed by atoms with E-state index in [0.717, 1.165) is 28.9 Å². The first-order chi connectivity index (χ1) is 16.9. The molecule has 0 amide bonds. The molecule has 1 aromatic heterocycles. The topological polar surface area (TPSA) is 96.5 Å². The number of hydrogen-bond acceptors (Lipinski definition) is 7. The number of alkyl halides is 3. The number of benzene rings is 3. The standard InChI is InChI=1S/C23H19BrF3N5O3S/c1-32(2)21-17-5-3-4-6-18(17)29-22(30-21)28-15-8-10-16(11-9-15)31-36(33,34)20-12-7-14(24)13-19(20)35-23(25,26)27/h3-13,31H,1-2H3,(H,28,29,30). The molecule has 8 nitrogen and oxygen atoms in total. The Morgan fingerprint density at radius 3 is 2.28 bits per heavy atom. The van der Waals surface area contributed by atoms with Gasteiger partial charge in [0.2, 0.25) is 5.95 Å². The molecular formula is C23H19BrF3N5O3S. The molecule has 0 unspecified atom stereocenters. The number of fused-ring (bicyclic) bond motifs is 1. The van der Waals surface area contributed by atoms with Crippen molar-refractivity contribution in [1.82, 2.24) is 9.97 Å². The minimum Gasteiger partial charge on any atom is -0.404 e. The Labute approximate surface area is 213 Å². The molecule has 0 aliphatic heterocycles. The number of sulfonamides is 1. The zero-order chi connectivity index (χ0) is 26.1. The highest BCUT2D eigenvalue weighted by Gasteiger charge is 2.34. The highest BCUT2D eigenvalue weighted by Crippen LogP contribution is 2.33. The lowest BCUT2D eigenvalue weighted by Crippen LogP contribution is -2.21. The SMILES string of the molecule is CN(C)c1nc(Nc2ccc(NS(=O)(=O)c3ccc(Br)cc3OC(F)(F)F)cc2)nc2ccccc12. The van der Waals surface area contributed by atoms with Crippen molar-refractivity contribution in [3.63, 3.8) is 0 Å². The van der Waals surface area contributed by atoms with Crippen LogP contribution in [0.5, 0.6) is 5.75 Å². The molecule has 0 bridgehead atoms. The van der Waals surface area contributed by atoms with Crippen LogP contribution in [0.4, 0.5) is 36.3 Å². The summed E-state index contributed by atoms with van der Waals surface area (Å²) in [6.07, 6.45) is -5.06. The van der Waals surface area contributed by atoms with E-state index < -0.39 is 27.0 Å². The molecule has 0 aliphatic carbocycles. The van der Waals surface area contributed by atoms with Crippen molar-refractivity contribution in [1.29, 1.82) is 0 Å². The van der Waals surface area contributed by atoms with Crippen LogP contribution < -0.4 is 19.7 Å². The van der Waals surface area contributed by atoms with E-state index in [2.05, 4.69) is 40.7 Å². The van der Waals surface area contributed by atoms with Gasteiger partial charge < -0.3 is 15.0 Å². The van der Waals surface area contributed by atoms with Gasteiger partial charge in [0.05, 0.1) is 5.52 Å². The minimum atomic E-state index is -5.06. The van der Waals surface area contributed by atoms with Crippen molar-refractivity contribution >= 4 is 60.0 Å². The number of ether oxygens (including phenoxy) is 1. The van der Waals surface area contributed by atoms with Crippen molar-refractivity contribution < 1.29 is 26.3 Å². The van der Waals surface area contributed by atoms with Crippen molar-refractivity contribution in [2.24, 2.45) is 0 Å². The van der Waals surface area contributed by atoms with Crippen LogP contribution in [0.3, 0.4) is 0 Å². The number of rotatable bonds is 7. The van der Waals surface area contributed by atoms with Crippen LogP contribution in [-0.4, -0.2) is 38.8 Å². The third-order valence-corrected chi connectivity index (χ3v) is 6.73. The molecule has 0 saturated heterocycles. The van der Waals surface area contributed by atoms with Gasteiger partial charge in [-0.2, -0.15) is 4.98 Å². The molecule has 2 N–H and O–H groups in total. The molecule has 0 radical (unpaired) electrons. The van der Waals surface area contributed by atoms with E-state index >= 15 is 0 Å². The number of aromatic nitrogens is 2. The predicted molar refractivity (Wildman–Crippen MR) is 135 cm³/mol. The summed E-state index contributed by atoms with van der Waals surface area (Å²) in [5.74, 6) is 0.209. The van der Waals surface area contributed by atoms with Crippen molar-refractivity contribution in [3.8, 4) is 5.75 Å². The molecular weight excluding hydrogens is 563 g/mol. The van der Waals surface area contributed by atoms with Crippen LogP contribution in [0.1, 0.15) is 0 Å². The van der Waals surface area contributed by atoms with Gasteiger partial charge in [0, 0.05) is 35.3 Å². The molecule has 0 spiro atoms. The lowest BCUT2D eigenvalue weighted by atomic mass is 10.2. The summed E-state index contributed by atoms with van der Waals surface area (Å²) < 4.78 is 70.3. The van der Waals surface area contributed by atoms with Crippen LogP contribution in [0.25, 0.3) is 10.9 Å². The fourth-order valence-electron chi connectivity index (χ4n) is 3.33. The Balaban J connectivity index is 1.56. The van der Waals surface area contributed by atoms with Crippen LogP contribution in [0.2, 0.25) is 0 Å². The quantitative estimate of drug-likeness (QED) is 0.280. The first-order valence-corrected chi connectivity index (χ1v) is 12.6. The van der Waals surface area contributed by atoms with Crippen LogP contribution >= 0.6 is 15.9 Å². The third-order valence-electron chi connectivity index (χ3n) is 4.82. The normalized spacial score (nSPS) is 11.8. The fraction of sp³-hybridized carbons (Fsp3) is 0.130. The van der Waals surface area contributed by atoms with E-state index in [0.29, 0.717) is 11.6 Å². The maximum absolute atomic E-state index is 12.8. The zero-order valence-corrected chi connectivity index (χ0v) is 21.2. The number of halogens is 4. The summed E-state index contributed by atoms with van der Waals surface area (Å²) >= 11 is 3.02. The van der Waals surface area contributed by atoms with E-state index in [1.54, 1.807) is 12.1 Å². The van der Waals surface area contributed by atoms with Gasteiger partial charge in [-0.05, 0) is 54.6 Å². The molecule has 0 atom stereocenters. The number of hydrogen-bond donors (Lipinski definition) is 2. The van der Waals surface area contributed by atoms with Gasteiger partial charge in [0.15, 0.2) is 5.75 Å². The van der Waals surface area contributed by atoms with Gasteiger partial charge >= 0.3 is 6.36 Å². The molecule has 4 aromatic rings. The second-order valence-corrected chi connectivity index (χ2v) is 10.3. The van der Waals surface area contributed by atoms with E-state index in [1.807, 2.05) is 43.3 Å². The van der Waals surface area contributed by atoms with Crippen molar-refractivity contribution in [3.05, 3.63) is 71.2 Å². The third kappa shape index (κ3) is 5.97. The van der Waals surface area contributed by atoms with Crippen LogP contribution in [0.15, 0.2) is 76.1 Å². The first-order valence-electron chi connectivity index (χ1n) is 10.3. The molecule has 36 heavy (non-hydrogen) atoms. The molecule has 0 saturated carbocycles. The van der Waals surface area contributed by atoms with Gasteiger partial charge in [0.25, 0.3) is 10.0 Å². The molecule has 4 rings (SSSR count). The van der Waals surface area contributed by atoms with Crippen LogP contribution in [-0.2, 0) is 10.0 Å². The number of para-hydroxylation sites is 1. The Morgan fingerprint density at radius 1 is 0.944 bits per heavy atom. The van der Waals surface area contributed by atoms with Gasteiger partial charge in [-0.15, -0.1) is 13.2 Å². The maximum Gasteiger partial charge on any atom is 0.573 e. The van der Waals surface area contributed by atoms with E-state index in [4.69, 9.17) is 0 Å². The minimum absolute atomic E-state index is 0.134. The Hall–Kier alpha value is -3.58. The van der Waals surface area contributed by atoms with Gasteiger partial charge in [-0.25, -0.2) is 13.4 Å². The average Bonchev–Trinajstić information content (AvgIpc) is 2.78. The molecule has 188 valence electrons. The smallest absolute Gasteiger partial charge is 0.404 e. The van der Waals surface area contributed by atoms with Crippen molar-refractivity contribution in [2.45, 2.75) is 11.3 Å². The summed E-state index contributed by atoms with van der Waals surface area (Å²) in [4.78, 5) is 10.3. The zero-order valence-electron chi connectivity index (χ0n) is 18.8. The molecule has 0 fully saturated rings. The molecule has 0 aliphatic rings. The molecule has 1 heterocycles. The largest absolute Gasteiger partial charge is 0.573 e. The Kier molecular flexibility index (Phi) is 6.96. The first kappa shape index (κ1) is 25.5. The highest BCUT2D eigenvalue weighted by molar-refractivity contribution is 9.10. The highest BCUT2D eigenvalue weighted by atomic mass is 79.9. The number of anilines is 4. The summed E-state index contributed by atoms with van der Waals surface area (Å²) in [5, 5.41) is 3.97. The fourth-order valence-corrected chi connectivity index (χ4v) is 4.83. The van der Waals surface area contributed by atoms with Crippen molar-refractivity contribution in [2.75, 3.05) is 29.0 Å². The maximum atomic E-state index is 12.8. The van der Waals surface area contributed by atoms with E-state index in [-0.39, 0.29) is 10.2 Å². The summed E-state index contributed by atoms with van der Waals surface area (Å²) in [5.41, 5.74) is 1.45. The van der Waals surface area contributed by atoms with E-state index in [1.165, 1.54) is 18.2 Å². The lowest BCUT2D eigenvalue weighted by molar-refractivity contribution is -0.275. The Bertz CT molecular complexity index is 1510. The average molecular weight is 582 g/mol. The number of nitrogens with one attached hydrogen (secondary N) is 2. The predicted octanol–water partition coefficient (Wildman–Crippen LogP) is 5.90. The van der Waals surface area contributed by atoms with E-state index in [9.17, 15) is 21.6 Å². The second-order valence-electron chi connectivity index (χ2n) is 7.73. The van der Waals surface area contributed by atoms with Gasteiger partial charge in [-0.3, -0.25) is 4.72 Å². The summed E-state index contributed by atoms with van der Waals surface area (Å²) in [6.45, 7) is 0. The lowest BCUT2D eigenvalue weighted by Gasteiger charge is -2.16. The van der Waals surface area contributed by atoms with Gasteiger partial charge in [0.1, 0.15) is 10.7 Å². The number of nitrogens with zero attached hydrogens (tertiary/aromatic N) is 3. The van der Waals surface area contributed by atoms with Gasteiger partial charge in [-0.1, -0.05) is 28.1 Å². The summed E-state index contributed by atoms with van der Waals surface area (Å²) in [7, 11) is -0.649. The monoisotopic (exact) mass is 581 g/mol. The molecule has 13 heteroatoms. The second kappa shape index (κ2) is 9.82.